The highest BCUT2D eigenvalue weighted by molar-refractivity contribution is 5.82. The fourth-order valence-corrected chi connectivity index (χ4v) is 2.55. The van der Waals surface area contributed by atoms with Gasteiger partial charge in [0.2, 0.25) is 0 Å². The number of carbonyl (C=O) groups excluding carboxylic acids is 1. The van der Waals surface area contributed by atoms with Gasteiger partial charge in [-0.25, -0.2) is 4.79 Å². The second-order valence-electron chi connectivity index (χ2n) is 5.41. The number of hydrogen-bond acceptors (Lipinski definition) is 5. The molecule has 1 heterocycles. The van der Waals surface area contributed by atoms with Crippen molar-refractivity contribution in [2.75, 3.05) is 46.9 Å². The van der Waals surface area contributed by atoms with Crippen LogP contribution >= 0.6 is 0 Å². The molecule has 2 N–H and O–H groups in total. The summed E-state index contributed by atoms with van der Waals surface area (Å²) < 4.78 is 4.93. The van der Waals surface area contributed by atoms with Crippen LogP contribution in [0.4, 0.5) is 0 Å². The number of carbonyl (C=O) groups is 1. The third kappa shape index (κ3) is 3.17. The molecule has 0 bridgehead atoms. The van der Waals surface area contributed by atoms with E-state index in [1.54, 1.807) is 0 Å². The Hall–Kier alpha value is -1.43. The highest BCUT2D eigenvalue weighted by atomic mass is 16.5. The number of esters is 1. The van der Waals surface area contributed by atoms with Gasteiger partial charge in [-0.15, -0.1) is 0 Å². The molecule has 1 fully saturated rings. The van der Waals surface area contributed by atoms with Crippen LogP contribution in [0.25, 0.3) is 0 Å². The Morgan fingerprint density at radius 1 is 1.25 bits per heavy atom. The van der Waals surface area contributed by atoms with Crippen LogP contribution in [0.3, 0.4) is 0 Å². The summed E-state index contributed by atoms with van der Waals surface area (Å²) in [5.41, 5.74) is 6.10. The topological polar surface area (TPSA) is 58.8 Å². The summed E-state index contributed by atoms with van der Waals surface area (Å²) in [4.78, 5) is 16.7. The molecule has 1 atom stereocenters. The predicted octanol–water partition coefficient (Wildman–Crippen LogP) is 0.261. The molecular formula is C15H23N3O2. The number of ether oxygens (including phenoxy) is 1. The van der Waals surface area contributed by atoms with E-state index in [4.69, 9.17) is 10.5 Å². The second-order valence-corrected chi connectivity index (χ2v) is 5.41. The van der Waals surface area contributed by atoms with Gasteiger partial charge >= 0.3 is 5.97 Å². The maximum absolute atomic E-state index is 12.2. The van der Waals surface area contributed by atoms with Gasteiger partial charge in [-0.2, -0.15) is 0 Å². The van der Waals surface area contributed by atoms with Gasteiger partial charge in [-0.1, -0.05) is 30.3 Å². The monoisotopic (exact) mass is 277 g/mol. The molecule has 5 heteroatoms. The van der Waals surface area contributed by atoms with Crippen LogP contribution in [0, 0.1) is 0 Å². The molecule has 20 heavy (non-hydrogen) atoms. The SMILES string of the molecule is COC(=O)C(N)(CN1CCN(C)CC1)c1ccccc1. The van der Waals surface area contributed by atoms with Gasteiger partial charge in [0.1, 0.15) is 0 Å². The molecule has 0 amide bonds. The quantitative estimate of drug-likeness (QED) is 0.800. The minimum absolute atomic E-state index is 0.386. The Morgan fingerprint density at radius 3 is 2.40 bits per heavy atom. The first-order chi connectivity index (χ1) is 9.56. The first kappa shape index (κ1) is 15.0. The number of rotatable bonds is 4. The maximum atomic E-state index is 12.2. The van der Waals surface area contributed by atoms with Crippen LogP contribution in [0.5, 0.6) is 0 Å². The third-order valence-electron chi connectivity index (χ3n) is 3.91. The number of nitrogens with two attached hydrogens (primary N) is 1. The van der Waals surface area contributed by atoms with Gasteiger partial charge in [-0.05, 0) is 12.6 Å². The van der Waals surface area contributed by atoms with Gasteiger partial charge in [0, 0.05) is 32.7 Å². The molecule has 1 aromatic carbocycles. The van der Waals surface area contributed by atoms with Crippen molar-refractivity contribution in [1.82, 2.24) is 9.80 Å². The summed E-state index contributed by atoms with van der Waals surface area (Å²) in [5.74, 6) is -0.386. The zero-order valence-electron chi connectivity index (χ0n) is 12.2. The molecule has 0 saturated carbocycles. The molecule has 1 aliphatic rings. The lowest BCUT2D eigenvalue weighted by Crippen LogP contribution is -2.57. The third-order valence-corrected chi connectivity index (χ3v) is 3.91. The van der Waals surface area contributed by atoms with Crippen molar-refractivity contribution in [3.05, 3.63) is 35.9 Å². The Balaban J connectivity index is 2.18. The number of nitrogens with zero attached hydrogens (tertiary/aromatic N) is 2. The van der Waals surface area contributed by atoms with Crippen molar-refractivity contribution < 1.29 is 9.53 Å². The van der Waals surface area contributed by atoms with Crippen molar-refractivity contribution in [3.8, 4) is 0 Å². The van der Waals surface area contributed by atoms with E-state index in [0.29, 0.717) is 6.54 Å². The summed E-state index contributed by atoms with van der Waals surface area (Å²) in [6, 6.07) is 9.46. The van der Waals surface area contributed by atoms with E-state index >= 15 is 0 Å². The minimum atomic E-state index is -1.11. The van der Waals surface area contributed by atoms with Gasteiger partial charge < -0.3 is 15.4 Å². The standard InChI is InChI=1S/C15H23N3O2/c1-17-8-10-18(11-9-17)12-15(16,14(19)20-2)13-6-4-3-5-7-13/h3-7H,8-12,16H2,1-2H3. The molecule has 5 nitrogen and oxygen atoms in total. The summed E-state index contributed by atoms with van der Waals surface area (Å²) >= 11 is 0. The zero-order valence-corrected chi connectivity index (χ0v) is 12.2. The summed E-state index contributed by atoms with van der Waals surface area (Å²) in [6.45, 7) is 4.30. The van der Waals surface area contributed by atoms with E-state index in [0.717, 1.165) is 31.7 Å². The van der Waals surface area contributed by atoms with Crippen molar-refractivity contribution in [1.29, 1.82) is 0 Å². The van der Waals surface area contributed by atoms with Gasteiger partial charge in [-0.3, -0.25) is 4.90 Å². The Morgan fingerprint density at radius 2 is 1.85 bits per heavy atom. The molecule has 1 saturated heterocycles. The summed E-state index contributed by atoms with van der Waals surface area (Å²) in [7, 11) is 3.49. The first-order valence-electron chi connectivity index (χ1n) is 6.90. The van der Waals surface area contributed by atoms with Crippen LogP contribution < -0.4 is 5.73 Å². The Kier molecular flexibility index (Phi) is 4.75. The normalized spacial score (nSPS) is 20.4. The summed E-state index contributed by atoms with van der Waals surface area (Å²) in [5, 5.41) is 0. The molecule has 1 aromatic rings. The van der Waals surface area contributed by atoms with Crippen molar-refractivity contribution in [2.45, 2.75) is 5.54 Å². The second kappa shape index (κ2) is 6.35. The lowest BCUT2D eigenvalue weighted by atomic mass is 9.90. The van der Waals surface area contributed by atoms with Gasteiger partial charge in [0.25, 0.3) is 0 Å². The smallest absolute Gasteiger partial charge is 0.331 e. The molecule has 2 rings (SSSR count). The highest BCUT2D eigenvalue weighted by Crippen LogP contribution is 2.22. The molecule has 0 spiro atoms. The van der Waals surface area contributed by atoms with Crippen molar-refractivity contribution in [2.24, 2.45) is 5.73 Å². The van der Waals surface area contributed by atoms with Crippen molar-refractivity contribution in [3.63, 3.8) is 0 Å². The zero-order chi connectivity index (χ0) is 14.6. The number of methoxy groups -OCH3 is 1. The Bertz CT molecular complexity index is 444. The van der Waals surface area contributed by atoms with Crippen LogP contribution in [0.2, 0.25) is 0 Å². The fraction of sp³-hybridized carbons (Fsp3) is 0.533. The number of piperazine rings is 1. The van der Waals surface area contributed by atoms with E-state index in [2.05, 4.69) is 16.8 Å². The minimum Gasteiger partial charge on any atom is -0.467 e. The van der Waals surface area contributed by atoms with Crippen LogP contribution in [0.15, 0.2) is 30.3 Å². The van der Waals surface area contributed by atoms with E-state index in [9.17, 15) is 4.79 Å². The first-order valence-corrected chi connectivity index (χ1v) is 6.90. The Labute approximate surface area is 120 Å². The molecular weight excluding hydrogens is 254 g/mol. The van der Waals surface area contributed by atoms with E-state index < -0.39 is 5.54 Å². The van der Waals surface area contributed by atoms with Gasteiger partial charge in [0.05, 0.1) is 7.11 Å². The summed E-state index contributed by atoms with van der Waals surface area (Å²) in [6.07, 6.45) is 0. The maximum Gasteiger partial charge on any atom is 0.331 e. The molecule has 0 aliphatic carbocycles. The molecule has 0 radical (unpaired) electrons. The van der Waals surface area contributed by atoms with E-state index in [1.807, 2.05) is 30.3 Å². The highest BCUT2D eigenvalue weighted by Gasteiger charge is 2.39. The average Bonchev–Trinajstić information content (AvgIpc) is 2.49. The lowest BCUT2D eigenvalue weighted by molar-refractivity contribution is -0.148. The van der Waals surface area contributed by atoms with E-state index in [-0.39, 0.29) is 5.97 Å². The van der Waals surface area contributed by atoms with Crippen LogP contribution in [-0.2, 0) is 15.1 Å². The largest absolute Gasteiger partial charge is 0.467 e. The molecule has 1 aliphatic heterocycles. The van der Waals surface area contributed by atoms with Crippen LogP contribution in [0.1, 0.15) is 5.56 Å². The average molecular weight is 277 g/mol. The molecule has 1 unspecified atom stereocenters. The number of likely N-dealkylation sites (N-methyl/N-ethyl adjacent to an activating group) is 1. The number of hydrogen-bond donors (Lipinski definition) is 1. The van der Waals surface area contributed by atoms with Crippen LogP contribution in [-0.4, -0.2) is 62.7 Å². The van der Waals surface area contributed by atoms with E-state index in [1.165, 1.54) is 7.11 Å². The lowest BCUT2D eigenvalue weighted by Gasteiger charge is -2.37. The van der Waals surface area contributed by atoms with Crippen molar-refractivity contribution >= 4 is 5.97 Å². The number of benzene rings is 1. The van der Waals surface area contributed by atoms with Gasteiger partial charge in [0.15, 0.2) is 5.54 Å². The fourth-order valence-electron chi connectivity index (χ4n) is 2.55. The molecule has 110 valence electrons. The predicted molar refractivity (Wildman–Crippen MR) is 78.3 cm³/mol. The molecule has 0 aromatic heterocycles.